The van der Waals surface area contributed by atoms with Gasteiger partial charge in [0.1, 0.15) is 16.7 Å². The maximum absolute atomic E-state index is 9.30. The number of hydrogen-bond acceptors (Lipinski definition) is 10. The summed E-state index contributed by atoms with van der Waals surface area (Å²) in [4.78, 5) is 29.8. The normalized spacial score (nSPS) is 13.5. The molecule has 538 valence electrons. The molecule has 112 heavy (non-hydrogen) atoms. The lowest BCUT2D eigenvalue weighted by molar-refractivity contribution is 0.425. The molecule has 0 aliphatic heterocycles. The zero-order valence-electron chi connectivity index (χ0n) is 62.2. The van der Waals surface area contributed by atoms with Crippen LogP contribution in [0, 0.1) is 0 Å². The summed E-state index contributed by atoms with van der Waals surface area (Å²) in [7, 11) is -1.41. The highest BCUT2D eigenvalue weighted by molar-refractivity contribution is 6.58. The molecule has 0 amide bonds. The van der Waals surface area contributed by atoms with E-state index in [9.17, 15) is 10.0 Å². The van der Waals surface area contributed by atoms with E-state index in [4.69, 9.17) is 61.9 Å². The Kier molecular flexibility index (Phi) is 17.0. The molecule has 3 aliphatic carbocycles. The van der Waals surface area contributed by atoms with Crippen molar-refractivity contribution in [3.63, 3.8) is 0 Å². The first-order valence-corrected chi connectivity index (χ1v) is 38.3. The Hall–Kier alpha value is -12.7. The van der Waals surface area contributed by atoms with Crippen molar-refractivity contribution in [2.75, 3.05) is 0 Å². The monoisotopic (exact) mass is 1490 g/mol. The molecular formula is C99H71BCl2N6O4. The molecule has 10 nitrogen and oxygen atoms in total. The second-order valence-corrected chi connectivity index (χ2v) is 31.4. The van der Waals surface area contributed by atoms with E-state index in [1.165, 1.54) is 66.8 Å². The minimum absolute atomic E-state index is 0.0865. The number of furan rings is 2. The highest BCUT2D eigenvalue weighted by Gasteiger charge is 2.39. The Balaban J connectivity index is 0.000000137. The van der Waals surface area contributed by atoms with Gasteiger partial charge in [-0.05, 0) is 137 Å². The number of fused-ring (bicyclic) bond motifs is 15. The van der Waals surface area contributed by atoms with Crippen LogP contribution in [0.3, 0.4) is 0 Å². The zero-order valence-corrected chi connectivity index (χ0v) is 63.7. The molecule has 4 heterocycles. The summed E-state index contributed by atoms with van der Waals surface area (Å²) in [5.41, 5.74) is 28.5. The summed E-state index contributed by atoms with van der Waals surface area (Å²) in [5.74, 6) is 3.59. The quantitative estimate of drug-likeness (QED) is 0.134. The molecule has 21 rings (SSSR count). The van der Waals surface area contributed by atoms with Gasteiger partial charge in [-0.3, -0.25) is 0 Å². The fourth-order valence-corrected chi connectivity index (χ4v) is 17.6. The van der Waals surface area contributed by atoms with Crippen molar-refractivity contribution in [2.45, 2.75) is 57.8 Å². The Bertz CT molecular complexity index is 6690. The van der Waals surface area contributed by atoms with E-state index in [0.717, 1.165) is 88.3 Å². The molecule has 14 aromatic carbocycles. The number of aromatic nitrogens is 6. The summed E-state index contributed by atoms with van der Waals surface area (Å²) in [5, 5.41) is 23.3. The molecule has 2 N–H and O–H groups in total. The molecule has 0 saturated carbocycles. The van der Waals surface area contributed by atoms with Crippen LogP contribution in [-0.4, -0.2) is 47.1 Å². The summed E-state index contributed by atoms with van der Waals surface area (Å²) >= 11 is 12.7. The fourth-order valence-electron chi connectivity index (χ4n) is 17.0. The molecule has 0 bridgehead atoms. The SMILES string of the molecule is CC1(C)c2ccccc2-c2ccc(-c3cc(-c4ccc5c(c4)C(C)(C)c4ccccc4-5)c4oc5cccc(-c6nc(-c7ccccc7)nc(-c7ccccc7)n6)c5c4c3)cc21.CC1(C)c2ccccc2-c2ccc(B(O)O)cc21.Clc1cc(Cl)c2oc3cccc(-c4nc(-c5ccccc5)nc(-c5ccccc5)n4)c3c2c1. The zero-order chi connectivity index (χ0) is 76.3. The van der Waals surface area contributed by atoms with E-state index in [0.29, 0.717) is 61.6 Å². The first-order chi connectivity index (χ1) is 54.4. The third kappa shape index (κ3) is 11.9. The number of nitrogens with zero attached hydrogens (tertiary/aromatic N) is 6. The van der Waals surface area contributed by atoms with Crippen LogP contribution in [0.1, 0.15) is 74.9 Å². The maximum atomic E-state index is 9.30. The van der Waals surface area contributed by atoms with Crippen LogP contribution in [0.25, 0.3) is 168 Å². The average molecular weight is 1490 g/mol. The second kappa shape index (κ2) is 27.4. The van der Waals surface area contributed by atoms with E-state index in [-0.39, 0.29) is 16.2 Å². The van der Waals surface area contributed by atoms with Gasteiger partial charge in [0, 0.05) is 81.8 Å². The van der Waals surface area contributed by atoms with Crippen LogP contribution >= 0.6 is 23.2 Å². The lowest BCUT2D eigenvalue weighted by atomic mass is 9.75. The van der Waals surface area contributed by atoms with Crippen LogP contribution in [0.4, 0.5) is 0 Å². The molecule has 4 aromatic heterocycles. The van der Waals surface area contributed by atoms with Crippen LogP contribution in [0.15, 0.2) is 318 Å². The van der Waals surface area contributed by atoms with Crippen LogP contribution in [0.2, 0.25) is 10.0 Å². The van der Waals surface area contributed by atoms with Crippen molar-refractivity contribution in [1.82, 2.24) is 29.9 Å². The summed E-state index contributed by atoms with van der Waals surface area (Å²) < 4.78 is 13.1. The van der Waals surface area contributed by atoms with Crippen molar-refractivity contribution >= 4 is 79.7 Å². The number of rotatable bonds is 9. The summed E-state index contributed by atoms with van der Waals surface area (Å²) in [6.07, 6.45) is 0. The van der Waals surface area contributed by atoms with E-state index >= 15 is 0 Å². The van der Waals surface area contributed by atoms with Gasteiger partial charge >= 0.3 is 7.12 Å². The smallest absolute Gasteiger partial charge is 0.455 e. The Morgan fingerprint density at radius 1 is 0.268 bits per heavy atom. The molecule has 0 atom stereocenters. The molecule has 0 fully saturated rings. The Labute approximate surface area is 658 Å². The van der Waals surface area contributed by atoms with Crippen molar-refractivity contribution in [3.8, 4) is 124 Å². The minimum atomic E-state index is -1.41. The van der Waals surface area contributed by atoms with Crippen molar-refractivity contribution in [2.24, 2.45) is 0 Å². The van der Waals surface area contributed by atoms with Gasteiger partial charge in [-0.15, -0.1) is 0 Å². The van der Waals surface area contributed by atoms with E-state index in [1.54, 1.807) is 12.1 Å². The highest BCUT2D eigenvalue weighted by Crippen LogP contribution is 2.54. The first kappa shape index (κ1) is 69.7. The number of benzene rings is 14. The van der Waals surface area contributed by atoms with E-state index in [2.05, 4.69) is 163 Å². The van der Waals surface area contributed by atoms with Gasteiger partial charge in [-0.1, -0.05) is 326 Å². The molecule has 0 unspecified atom stereocenters. The topological polar surface area (TPSA) is 144 Å². The van der Waals surface area contributed by atoms with Gasteiger partial charge < -0.3 is 18.9 Å². The molecule has 0 radical (unpaired) electrons. The summed E-state index contributed by atoms with van der Waals surface area (Å²) in [6.45, 7) is 13.7. The number of hydrogen-bond donors (Lipinski definition) is 2. The molecule has 0 saturated heterocycles. The highest BCUT2D eigenvalue weighted by atomic mass is 35.5. The molecule has 0 spiro atoms. The van der Waals surface area contributed by atoms with Crippen LogP contribution < -0.4 is 5.46 Å². The van der Waals surface area contributed by atoms with Crippen LogP contribution in [0.5, 0.6) is 0 Å². The molecule has 13 heteroatoms. The first-order valence-electron chi connectivity index (χ1n) is 37.6. The van der Waals surface area contributed by atoms with Gasteiger partial charge in [0.2, 0.25) is 0 Å². The van der Waals surface area contributed by atoms with Gasteiger partial charge in [0.15, 0.2) is 40.5 Å². The third-order valence-corrected chi connectivity index (χ3v) is 23.2. The average Bonchev–Trinajstić information content (AvgIpc) is 1.57. The standard InChI is InChI=1S/C57H41N3O.C27H15Cl2N3O.C15H15BO2/c1-56(2)46-23-13-11-20-39(46)41-28-26-36(32-48(41)56)38-30-44(37-27-29-42-40-21-12-14-24-47(40)57(3,4)49(42)33-37)52-45(31-38)51-43(22-15-25-50(51)61-52)55-59-53(34-16-7-5-8-17-34)58-54(60-55)35-18-9-6-10-19-35;28-18-14-20-23-19(12-7-13-22(23)33-24(20)21(29)15-18)27-31-25(16-8-3-1-4-9-16)30-26(32-27)17-10-5-2-6-11-17;1-15(2)13-6-4-3-5-11(13)12-8-7-10(16(17)18)9-14(12)15/h5-33H,1-4H3;1-15H;3-9,17-18H,1-2H3. The Morgan fingerprint density at radius 3 is 1.05 bits per heavy atom. The lowest BCUT2D eigenvalue weighted by Gasteiger charge is -2.22. The van der Waals surface area contributed by atoms with Gasteiger partial charge in [-0.25, -0.2) is 29.9 Å². The van der Waals surface area contributed by atoms with E-state index < -0.39 is 7.12 Å². The van der Waals surface area contributed by atoms with Gasteiger partial charge in [0.25, 0.3) is 0 Å². The fraction of sp³-hybridized carbons (Fsp3) is 0.0909. The lowest BCUT2D eigenvalue weighted by Crippen LogP contribution is -2.31. The minimum Gasteiger partial charge on any atom is -0.455 e. The maximum Gasteiger partial charge on any atom is 0.488 e. The summed E-state index contributed by atoms with van der Waals surface area (Å²) in [6, 6.07) is 106. The van der Waals surface area contributed by atoms with Gasteiger partial charge in [-0.2, -0.15) is 0 Å². The third-order valence-electron chi connectivity index (χ3n) is 22.7. The van der Waals surface area contributed by atoms with E-state index in [1.807, 2.05) is 176 Å². The van der Waals surface area contributed by atoms with Crippen molar-refractivity contribution in [1.29, 1.82) is 0 Å². The van der Waals surface area contributed by atoms with Crippen molar-refractivity contribution in [3.05, 3.63) is 353 Å². The largest absolute Gasteiger partial charge is 0.488 e. The predicted molar refractivity (Wildman–Crippen MR) is 457 cm³/mol. The number of halogens is 2. The second-order valence-electron chi connectivity index (χ2n) is 30.5. The predicted octanol–water partition coefficient (Wildman–Crippen LogP) is 24.5. The molecular weight excluding hydrogens is 1420 g/mol. The Morgan fingerprint density at radius 2 is 0.616 bits per heavy atom. The van der Waals surface area contributed by atoms with Crippen molar-refractivity contribution < 1.29 is 18.9 Å². The molecule has 3 aliphatic rings. The molecule has 18 aromatic rings. The van der Waals surface area contributed by atoms with Crippen LogP contribution in [-0.2, 0) is 16.2 Å². The van der Waals surface area contributed by atoms with Gasteiger partial charge in [0.05, 0.1) is 5.02 Å².